The Morgan fingerprint density at radius 3 is 2.61 bits per heavy atom. The Labute approximate surface area is 188 Å². The van der Waals surface area contributed by atoms with E-state index in [2.05, 4.69) is 5.16 Å². The lowest BCUT2D eigenvalue weighted by Crippen LogP contribution is -2.37. The summed E-state index contributed by atoms with van der Waals surface area (Å²) in [6, 6.07) is 7.98. The van der Waals surface area contributed by atoms with E-state index in [1.165, 1.54) is 25.5 Å². The molecule has 7 nitrogen and oxygen atoms in total. The molecule has 1 aromatic carbocycles. The summed E-state index contributed by atoms with van der Waals surface area (Å²) in [4.78, 5) is 13.1. The molecule has 176 valence electrons. The number of furan rings is 1. The molecule has 0 saturated carbocycles. The number of benzene rings is 1. The third-order valence-corrected chi connectivity index (χ3v) is 4.77. The van der Waals surface area contributed by atoms with Gasteiger partial charge in [-0.25, -0.2) is 0 Å². The highest BCUT2D eigenvalue weighted by atomic mass is 19.4. The fourth-order valence-electron chi connectivity index (χ4n) is 3.06. The van der Waals surface area contributed by atoms with E-state index in [0.29, 0.717) is 27.7 Å². The van der Waals surface area contributed by atoms with Crippen LogP contribution < -0.4 is 9.47 Å². The Kier molecular flexibility index (Phi) is 7.47. The average Bonchev–Trinajstić information content (AvgIpc) is 3.39. The second kappa shape index (κ2) is 10.3. The highest BCUT2D eigenvalue weighted by molar-refractivity contribution is 5.91. The van der Waals surface area contributed by atoms with Crippen molar-refractivity contribution in [3.8, 4) is 11.5 Å². The molecule has 3 rings (SSSR count). The van der Waals surface area contributed by atoms with Crippen LogP contribution in [0.1, 0.15) is 28.3 Å². The highest BCUT2D eigenvalue weighted by Crippen LogP contribution is 2.30. The van der Waals surface area contributed by atoms with E-state index in [0.717, 1.165) is 17.3 Å². The number of halogens is 3. The number of amides is 1. The third-order valence-electron chi connectivity index (χ3n) is 4.77. The van der Waals surface area contributed by atoms with Gasteiger partial charge in [0.25, 0.3) is 0 Å². The molecule has 2 heterocycles. The molecule has 0 aliphatic heterocycles. The number of carbonyl (C=O) groups is 1. The lowest BCUT2D eigenvalue weighted by Gasteiger charge is -2.21. The first-order valence-electron chi connectivity index (χ1n) is 9.95. The maximum atomic E-state index is 12.9. The molecule has 1 amide bonds. The number of alkyl halides is 3. The van der Waals surface area contributed by atoms with Gasteiger partial charge in [-0.15, -0.1) is 0 Å². The predicted octanol–water partition coefficient (Wildman–Crippen LogP) is 5.08. The van der Waals surface area contributed by atoms with Crippen molar-refractivity contribution in [2.24, 2.45) is 0 Å². The molecule has 3 aromatic rings. The molecule has 0 radical (unpaired) electrons. The number of aryl methyl sites for hydroxylation is 2. The van der Waals surface area contributed by atoms with Crippen molar-refractivity contribution < 1.29 is 36.4 Å². The largest absolute Gasteiger partial charge is 0.493 e. The minimum atomic E-state index is -4.54. The van der Waals surface area contributed by atoms with Gasteiger partial charge in [0.2, 0.25) is 5.91 Å². The number of nitrogens with zero attached hydrogens (tertiary/aromatic N) is 2. The van der Waals surface area contributed by atoms with Crippen molar-refractivity contribution >= 4 is 12.0 Å². The Hall–Kier alpha value is -3.69. The van der Waals surface area contributed by atoms with E-state index in [1.54, 1.807) is 31.2 Å². The van der Waals surface area contributed by atoms with Crippen LogP contribution in [0, 0.1) is 13.8 Å². The summed E-state index contributed by atoms with van der Waals surface area (Å²) in [5, 5.41) is 3.88. The summed E-state index contributed by atoms with van der Waals surface area (Å²) in [6.45, 7) is 2.13. The summed E-state index contributed by atoms with van der Waals surface area (Å²) in [7, 11) is 1.46. The molecular weight excluding hydrogens is 441 g/mol. The van der Waals surface area contributed by atoms with Crippen molar-refractivity contribution in [2.75, 3.05) is 13.7 Å². The van der Waals surface area contributed by atoms with Crippen molar-refractivity contribution in [1.29, 1.82) is 0 Å². The van der Waals surface area contributed by atoms with Gasteiger partial charge in [-0.1, -0.05) is 11.2 Å². The van der Waals surface area contributed by atoms with Gasteiger partial charge in [0.15, 0.2) is 11.5 Å². The summed E-state index contributed by atoms with van der Waals surface area (Å²) in [5.74, 6) is 0.961. The zero-order chi connectivity index (χ0) is 24.0. The Balaban J connectivity index is 1.71. The molecule has 33 heavy (non-hydrogen) atoms. The van der Waals surface area contributed by atoms with Crippen LogP contribution in [0.5, 0.6) is 11.5 Å². The van der Waals surface area contributed by atoms with E-state index in [1.807, 2.05) is 6.92 Å². The van der Waals surface area contributed by atoms with E-state index in [9.17, 15) is 18.0 Å². The summed E-state index contributed by atoms with van der Waals surface area (Å²) >= 11 is 0. The van der Waals surface area contributed by atoms with Crippen LogP contribution in [0.3, 0.4) is 0 Å². The molecule has 2 aromatic heterocycles. The lowest BCUT2D eigenvalue weighted by molar-refractivity contribution is -0.159. The molecule has 0 atom stereocenters. The summed E-state index contributed by atoms with van der Waals surface area (Å²) in [5.41, 5.74) is 2.10. The molecule has 0 spiro atoms. The smallest absolute Gasteiger partial charge is 0.406 e. The van der Waals surface area contributed by atoms with Gasteiger partial charge < -0.3 is 23.3 Å². The molecule has 10 heteroatoms. The Morgan fingerprint density at radius 1 is 1.21 bits per heavy atom. The number of aromatic nitrogens is 1. The van der Waals surface area contributed by atoms with Gasteiger partial charge in [-0.3, -0.25) is 4.79 Å². The molecule has 0 fully saturated rings. The maximum absolute atomic E-state index is 12.9. The summed E-state index contributed by atoms with van der Waals surface area (Å²) in [6.07, 6.45) is -0.717. The van der Waals surface area contributed by atoms with Crippen molar-refractivity contribution in [1.82, 2.24) is 10.1 Å². The number of hydrogen-bond donors (Lipinski definition) is 0. The van der Waals surface area contributed by atoms with Crippen LogP contribution in [0.2, 0.25) is 0 Å². The monoisotopic (exact) mass is 464 g/mol. The van der Waals surface area contributed by atoms with E-state index < -0.39 is 18.6 Å². The molecule has 0 saturated heterocycles. The number of ether oxygens (including phenoxy) is 2. The fourth-order valence-corrected chi connectivity index (χ4v) is 3.06. The van der Waals surface area contributed by atoms with Gasteiger partial charge in [0.05, 0.1) is 31.2 Å². The van der Waals surface area contributed by atoms with Crippen molar-refractivity contribution in [2.45, 2.75) is 33.2 Å². The lowest BCUT2D eigenvalue weighted by atomic mass is 10.1. The first kappa shape index (κ1) is 24.0. The number of hydrogen-bond acceptors (Lipinski definition) is 6. The van der Waals surface area contributed by atoms with E-state index >= 15 is 0 Å². The Bertz CT molecular complexity index is 1080. The van der Waals surface area contributed by atoms with Crippen LogP contribution in [-0.2, 0) is 17.9 Å². The highest BCUT2D eigenvalue weighted by Gasteiger charge is 2.32. The van der Waals surface area contributed by atoms with Gasteiger partial charge in [0.1, 0.15) is 24.7 Å². The van der Waals surface area contributed by atoms with E-state index in [4.69, 9.17) is 18.4 Å². The van der Waals surface area contributed by atoms with Gasteiger partial charge in [-0.2, -0.15) is 13.2 Å². The first-order valence-corrected chi connectivity index (χ1v) is 9.95. The van der Waals surface area contributed by atoms with E-state index in [-0.39, 0.29) is 18.9 Å². The number of methoxy groups -OCH3 is 1. The van der Waals surface area contributed by atoms with Crippen molar-refractivity contribution in [3.05, 3.63) is 71.0 Å². The standard InChI is InChI=1S/C23H23F3N2O5/c1-15-19(16(2)33-27-15)13-32-20-8-6-17(11-21(20)30-3)7-9-22(29)28(14-23(24,25)26)12-18-5-4-10-31-18/h4-11H,12-14H2,1-3H3/b9-7+. The van der Waals surface area contributed by atoms with Gasteiger partial charge in [-0.05, 0) is 49.8 Å². The second-order valence-electron chi connectivity index (χ2n) is 7.22. The fraction of sp³-hybridized carbons (Fsp3) is 0.304. The van der Waals surface area contributed by atoms with Crippen LogP contribution in [-0.4, -0.2) is 35.8 Å². The normalized spacial score (nSPS) is 11.7. The third kappa shape index (κ3) is 6.64. The van der Waals surface area contributed by atoms with Crippen LogP contribution in [0.25, 0.3) is 6.08 Å². The second-order valence-corrected chi connectivity index (χ2v) is 7.22. The van der Waals surface area contributed by atoms with Gasteiger partial charge in [0, 0.05) is 6.08 Å². The SMILES string of the molecule is COc1cc(/C=C/C(=O)N(Cc2ccco2)CC(F)(F)F)ccc1OCc1c(C)noc1C. The zero-order valence-corrected chi connectivity index (χ0v) is 18.3. The van der Waals surface area contributed by atoms with Crippen LogP contribution >= 0.6 is 0 Å². The molecule has 0 aliphatic carbocycles. The predicted molar refractivity (Wildman–Crippen MR) is 113 cm³/mol. The molecule has 0 unspecified atom stereocenters. The first-order chi connectivity index (χ1) is 15.7. The average molecular weight is 464 g/mol. The summed E-state index contributed by atoms with van der Waals surface area (Å²) < 4.78 is 60.2. The minimum absolute atomic E-state index is 0.227. The molecule has 0 aliphatic rings. The zero-order valence-electron chi connectivity index (χ0n) is 18.3. The topological polar surface area (TPSA) is 77.9 Å². The number of carbonyl (C=O) groups excluding carboxylic acids is 1. The Morgan fingerprint density at radius 2 is 2.00 bits per heavy atom. The maximum Gasteiger partial charge on any atom is 0.406 e. The van der Waals surface area contributed by atoms with Crippen LogP contribution in [0.15, 0.2) is 51.6 Å². The van der Waals surface area contributed by atoms with Crippen molar-refractivity contribution in [3.63, 3.8) is 0 Å². The molecule has 0 bridgehead atoms. The van der Waals surface area contributed by atoms with Gasteiger partial charge >= 0.3 is 6.18 Å². The van der Waals surface area contributed by atoms with Crippen LogP contribution in [0.4, 0.5) is 13.2 Å². The molecule has 0 N–H and O–H groups in total. The minimum Gasteiger partial charge on any atom is -0.493 e. The number of rotatable bonds is 9. The quantitative estimate of drug-likeness (QED) is 0.411. The molecular formula is C23H23F3N2O5.